The molecule has 4 aromatic rings. The van der Waals surface area contributed by atoms with Crippen molar-refractivity contribution in [2.75, 3.05) is 4.90 Å². The number of amides is 3. The molecule has 2 bridgehead atoms. The fourth-order valence-electron chi connectivity index (χ4n) is 6.81. The Hall–Kier alpha value is -4.26. The summed E-state index contributed by atoms with van der Waals surface area (Å²) in [6, 6.07) is 29.4. The van der Waals surface area contributed by atoms with Gasteiger partial charge >= 0.3 is 0 Å². The summed E-state index contributed by atoms with van der Waals surface area (Å²) in [5.41, 5.74) is 6.03. The fourth-order valence-corrected chi connectivity index (χ4v) is 7.30. The van der Waals surface area contributed by atoms with E-state index in [-0.39, 0.29) is 28.3 Å². The Morgan fingerprint density at radius 2 is 1.45 bits per heavy atom. The number of nitrogens with zero attached hydrogens (tertiary/aromatic N) is 2. The number of hydrogen-bond acceptors (Lipinski definition) is 4. The molecule has 3 amide bonds. The number of halogens is 2. The maximum atomic E-state index is 14.3. The van der Waals surface area contributed by atoms with Crippen molar-refractivity contribution in [3.63, 3.8) is 0 Å². The van der Waals surface area contributed by atoms with Crippen molar-refractivity contribution in [1.29, 1.82) is 0 Å². The molecular weight excluding hydrogens is 545 g/mol. The normalized spacial score (nSPS) is 24.1. The number of imide groups is 1. The van der Waals surface area contributed by atoms with Gasteiger partial charge in [-0.3, -0.25) is 14.4 Å². The molecule has 0 unspecified atom stereocenters. The summed E-state index contributed by atoms with van der Waals surface area (Å²) in [7, 11) is 0. The molecule has 1 heterocycles. The Bertz CT molecular complexity index is 1710. The van der Waals surface area contributed by atoms with E-state index >= 15 is 0 Å². The molecule has 0 aromatic heterocycles. The van der Waals surface area contributed by atoms with E-state index in [9.17, 15) is 14.4 Å². The van der Waals surface area contributed by atoms with Gasteiger partial charge in [0, 0.05) is 17.2 Å². The number of carbonyl (C=O) groups excluding carboxylic acids is 3. The van der Waals surface area contributed by atoms with Gasteiger partial charge in [0.2, 0.25) is 11.8 Å². The third-order valence-electron chi connectivity index (χ3n) is 8.31. The van der Waals surface area contributed by atoms with Gasteiger partial charge in [-0.15, -0.1) is 0 Å². The summed E-state index contributed by atoms with van der Waals surface area (Å²) >= 11 is 12.2. The van der Waals surface area contributed by atoms with Crippen LogP contribution in [0.25, 0.3) is 0 Å². The molecule has 1 N–H and O–H groups in total. The van der Waals surface area contributed by atoms with Gasteiger partial charge in [0.1, 0.15) is 0 Å². The minimum Gasteiger partial charge on any atom is -0.274 e. The predicted octanol–water partition coefficient (Wildman–Crippen LogP) is 5.96. The van der Waals surface area contributed by atoms with Crippen LogP contribution in [-0.2, 0) is 15.0 Å². The molecular formula is C32H21Cl2N3O3. The molecule has 4 aromatic carbocycles. The van der Waals surface area contributed by atoms with E-state index in [1.807, 2.05) is 66.7 Å². The van der Waals surface area contributed by atoms with Gasteiger partial charge in [-0.05, 0) is 52.6 Å². The van der Waals surface area contributed by atoms with Gasteiger partial charge in [-0.2, -0.15) is 5.10 Å². The highest BCUT2D eigenvalue weighted by Crippen LogP contribution is 2.63. The summed E-state index contributed by atoms with van der Waals surface area (Å²) in [5.74, 6) is -2.67. The molecule has 2 atom stereocenters. The topological polar surface area (TPSA) is 78.8 Å². The fraction of sp³-hybridized carbons (Fsp3) is 0.125. The van der Waals surface area contributed by atoms with Gasteiger partial charge in [-0.1, -0.05) is 89.9 Å². The Labute approximate surface area is 240 Å². The molecule has 1 aliphatic heterocycles. The second kappa shape index (κ2) is 9.15. The summed E-state index contributed by atoms with van der Waals surface area (Å²) in [5, 5.41) is 5.03. The summed E-state index contributed by atoms with van der Waals surface area (Å²) in [6.07, 6.45) is 1.62. The second-order valence-corrected chi connectivity index (χ2v) is 11.0. The molecule has 0 spiro atoms. The van der Waals surface area contributed by atoms with Crippen LogP contribution < -0.4 is 10.3 Å². The lowest BCUT2D eigenvalue weighted by atomic mass is 9.47. The first kappa shape index (κ1) is 24.8. The average molecular weight is 566 g/mol. The smallest absolute Gasteiger partial charge is 0.272 e. The lowest BCUT2D eigenvalue weighted by molar-refractivity contribution is -0.122. The number of benzene rings is 4. The van der Waals surface area contributed by atoms with Crippen molar-refractivity contribution in [1.82, 2.24) is 5.43 Å². The van der Waals surface area contributed by atoms with Crippen LogP contribution in [0.3, 0.4) is 0 Å². The number of anilines is 1. The number of carbonyl (C=O) groups is 3. The Morgan fingerprint density at radius 1 is 0.825 bits per heavy atom. The Kier molecular flexibility index (Phi) is 5.66. The molecule has 1 fully saturated rings. The van der Waals surface area contributed by atoms with Crippen molar-refractivity contribution in [2.45, 2.75) is 11.3 Å². The first-order valence-corrected chi connectivity index (χ1v) is 13.6. The van der Waals surface area contributed by atoms with E-state index in [1.165, 1.54) is 17.0 Å². The van der Waals surface area contributed by atoms with Crippen molar-refractivity contribution < 1.29 is 14.4 Å². The van der Waals surface area contributed by atoms with Crippen LogP contribution in [0.15, 0.2) is 102 Å². The van der Waals surface area contributed by atoms with Crippen molar-refractivity contribution in [3.05, 3.63) is 135 Å². The summed E-state index contributed by atoms with van der Waals surface area (Å²) in [4.78, 5) is 42.7. The second-order valence-electron chi connectivity index (χ2n) is 10.2. The Morgan fingerprint density at radius 3 is 2.10 bits per heavy atom. The summed E-state index contributed by atoms with van der Waals surface area (Å²) < 4.78 is 0. The van der Waals surface area contributed by atoms with Crippen LogP contribution in [0, 0.1) is 11.8 Å². The van der Waals surface area contributed by atoms with Gasteiger partial charge < -0.3 is 0 Å². The molecule has 4 aliphatic rings. The van der Waals surface area contributed by atoms with E-state index in [4.69, 9.17) is 23.2 Å². The molecule has 0 saturated carbocycles. The van der Waals surface area contributed by atoms with Gasteiger partial charge in [0.05, 0.1) is 33.5 Å². The van der Waals surface area contributed by atoms with Gasteiger partial charge in [-0.25, -0.2) is 10.3 Å². The molecule has 8 rings (SSSR count). The van der Waals surface area contributed by atoms with E-state index < -0.39 is 23.2 Å². The highest BCUT2D eigenvalue weighted by Gasteiger charge is 2.68. The number of para-hydroxylation sites is 1. The monoisotopic (exact) mass is 565 g/mol. The molecule has 1 saturated heterocycles. The third-order valence-corrected chi connectivity index (χ3v) is 8.86. The number of hydrazone groups is 1. The molecule has 8 heteroatoms. The average Bonchev–Trinajstić information content (AvgIpc) is 3.24. The first-order valence-electron chi connectivity index (χ1n) is 12.8. The van der Waals surface area contributed by atoms with E-state index in [1.54, 1.807) is 24.4 Å². The zero-order valence-corrected chi connectivity index (χ0v) is 22.4. The molecule has 196 valence electrons. The molecule has 6 nitrogen and oxygen atoms in total. The molecule has 40 heavy (non-hydrogen) atoms. The quantitative estimate of drug-likeness (QED) is 0.188. The zero-order chi connectivity index (χ0) is 27.6. The highest BCUT2D eigenvalue weighted by molar-refractivity contribution is 6.36. The summed E-state index contributed by atoms with van der Waals surface area (Å²) in [6.45, 7) is 0. The van der Waals surface area contributed by atoms with E-state index in [0.717, 1.165) is 22.3 Å². The number of nitrogens with one attached hydrogen (secondary N) is 1. The number of hydrogen-bond donors (Lipinski definition) is 1. The standard InChI is InChI=1S/C32H21Cl2N3O3/c33-18-14-15-22(25(34)16-18)29(38)36-35-17-32-23-12-6-4-10-20(23)26(21-11-5-7-13-24(21)32)27-28(32)31(40)37(30(27)39)19-8-2-1-3-9-19/h1-17,26-28H,(H,36,38)/b35-17-/t26?,27-,28-,32?/m1/s1. The van der Waals surface area contributed by atoms with Crippen molar-refractivity contribution in [3.8, 4) is 0 Å². The zero-order valence-electron chi connectivity index (χ0n) is 20.9. The first-order chi connectivity index (χ1) is 19.4. The number of rotatable bonds is 4. The van der Waals surface area contributed by atoms with E-state index in [0.29, 0.717) is 10.7 Å². The van der Waals surface area contributed by atoms with Crippen LogP contribution in [-0.4, -0.2) is 23.9 Å². The van der Waals surface area contributed by atoms with Gasteiger partial charge in [0.15, 0.2) is 0 Å². The minimum absolute atomic E-state index is 0.197. The van der Waals surface area contributed by atoms with Crippen LogP contribution >= 0.6 is 23.2 Å². The maximum Gasteiger partial charge on any atom is 0.272 e. The molecule has 3 aliphatic carbocycles. The Balaban J connectivity index is 1.40. The van der Waals surface area contributed by atoms with Crippen molar-refractivity contribution in [2.24, 2.45) is 16.9 Å². The van der Waals surface area contributed by atoms with Crippen LogP contribution in [0.1, 0.15) is 38.5 Å². The van der Waals surface area contributed by atoms with Crippen LogP contribution in [0.2, 0.25) is 10.0 Å². The lowest BCUT2D eigenvalue weighted by Crippen LogP contribution is -2.54. The maximum absolute atomic E-state index is 14.3. The van der Waals surface area contributed by atoms with Crippen molar-refractivity contribution >= 4 is 52.8 Å². The SMILES string of the molecule is O=C(N/N=C\C12c3ccccc3C(c3ccccc31)[C@H]1C(=O)N(c3ccccc3)C(=O)[C@@H]12)c1ccc(Cl)cc1Cl. The van der Waals surface area contributed by atoms with E-state index in [2.05, 4.69) is 10.5 Å². The minimum atomic E-state index is -1.08. The van der Waals surface area contributed by atoms with Gasteiger partial charge in [0.25, 0.3) is 5.91 Å². The van der Waals surface area contributed by atoms with Crippen LogP contribution in [0.4, 0.5) is 5.69 Å². The largest absolute Gasteiger partial charge is 0.274 e. The lowest BCUT2D eigenvalue weighted by Gasteiger charge is -2.52. The van der Waals surface area contributed by atoms with Crippen LogP contribution in [0.5, 0.6) is 0 Å². The highest BCUT2D eigenvalue weighted by atomic mass is 35.5. The molecule has 0 radical (unpaired) electrons. The predicted molar refractivity (Wildman–Crippen MR) is 154 cm³/mol. The third kappa shape index (κ3) is 3.36.